The second kappa shape index (κ2) is 20.3. The van der Waals surface area contributed by atoms with Crippen LogP contribution >= 0.6 is 24.8 Å². The van der Waals surface area contributed by atoms with E-state index in [0.717, 1.165) is 35.4 Å². The average molecular weight is 868 g/mol. The standard InChI is InChI=1S/2C23H21F2NO3.2ClH/c2*1-2-27-16-5-10-23(20(26)13-16)28-17-6-9-21-14(11-17)3-8-22(29-21)18-12-15(24)4-7-19(18)25;;/h2*4-7,9-13,22H,2-3,8,26H2,1H3;2*1H. The van der Waals surface area contributed by atoms with Gasteiger partial charge in [0.1, 0.15) is 70.0 Å². The predicted molar refractivity (Wildman–Crippen MR) is 228 cm³/mol. The number of nitrogen functional groups attached to an aromatic ring is 2. The highest BCUT2D eigenvalue weighted by atomic mass is 35.5. The van der Waals surface area contributed by atoms with Gasteiger partial charge in [-0.05, 0) is 148 Å². The molecule has 0 aliphatic carbocycles. The SMILES string of the molecule is CCOc1ccc(Oc2ccc3c(c2)CCC(c2cc(F)ccc2F)O3)c(N)c1.CCOc1ccc(Oc2ccc3c(c2)CCC(c2cc(F)ccc2F)O3)c(N)c1.Cl.Cl. The first kappa shape index (κ1) is 45.1. The molecule has 316 valence electrons. The minimum atomic E-state index is -0.522. The van der Waals surface area contributed by atoms with Gasteiger partial charge < -0.3 is 39.9 Å². The van der Waals surface area contributed by atoms with E-state index in [1.165, 1.54) is 12.1 Å². The molecule has 2 unspecified atom stereocenters. The molecule has 6 aromatic carbocycles. The Morgan fingerprint density at radius 2 is 0.917 bits per heavy atom. The molecule has 2 heterocycles. The number of aryl methyl sites for hydroxylation is 2. The van der Waals surface area contributed by atoms with Crippen LogP contribution in [-0.4, -0.2) is 13.2 Å². The molecule has 0 fully saturated rings. The molecule has 2 atom stereocenters. The van der Waals surface area contributed by atoms with Gasteiger partial charge in [0.25, 0.3) is 0 Å². The highest BCUT2D eigenvalue weighted by molar-refractivity contribution is 5.85. The largest absolute Gasteiger partial charge is 0.494 e. The number of ether oxygens (including phenoxy) is 6. The Kier molecular flexibility index (Phi) is 15.3. The van der Waals surface area contributed by atoms with Gasteiger partial charge in [-0.3, -0.25) is 0 Å². The molecule has 14 heteroatoms. The van der Waals surface area contributed by atoms with E-state index in [9.17, 15) is 17.6 Å². The van der Waals surface area contributed by atoms with Crippen LogP contribution in [0.4, 0.5) is 28.9 Å². The van der Waals surface area contributed by atoms with E-state index in [-0.39, 0.29) is 35.9 Å². The first-order valence-electron chi connectivity index (χ1n) is 19.0. The lowest BCUT2D eigenvalue weighted by atomic mass is 9.97. The van der Waals surface area contributed by atoms with Gasteiger partial charge in [0.2, 0.25) is 0 Å². The third-order valence-corrected chi connectivity index (χ3v) is 9.60. The van der Waals surface area contributed by atoms with Crippen molar-refractivity contribution in [3.63, 3.8) is 0 Å². The summed E-state index contributed by atoms with van der Waals surface area (Å²) < 4.78 is 89.6. The smallest absolute Gasteiger partial charge is 0.150 e. The van der Waals surface area contributed by atoms with E-state index in [1.54, 1.807) is 60.7 Å². The van der Waals surface area contributed by atoms with Crippen molar-refractivity contribution in [1.29, 1.82) is 0 Å². The summed E-state index contributed by atoms with van der Waals surface area (Å²) in [7, 11) is 0. The summed E-state index contributed by atoms with van der Waals surface area (Å²) in [4.78, 5) is 0. The van der Waals surface area contributed by atoms with Crippen molar-refractivity contribution in [1.82, 2.24) is 0 Å². The van der Waals surface area contributed by atoms with Crippen molar-refractivity contribution in [3.05, 3.63) is 155 Å². The lowest BCUT2D eigenvalue weighted by Gasteiger charge is -2.27. The van der Waals surface area contributed by atoms with Crippen molar-refractivity contribution < 1.29 is 46.0 Å². The molecule has 2 aliphatic heterocycles. The number of benzene rings is 6. The van der Waals surface area contributed by atoms with Gasteiger partial charge in [-0.2, -0.15) is 0 Å². The van der Waals surface area contributed by atoms with Crippen molar-refractivity contribution in [2.75, 3.05) is 24.7 Å². The maximum absolute atomic E-state index is 14.1. The summed E-state index contributed by atoms with van der Waals surface area (Å²) in [5.74, 6) is 3.07. The van der Waals surface area contributed by atoms with E-state index in [4.69, 9.17) is 39.9 Å². The Morgan fingerprint density at radius 1 is 0.517 bits per heavy atom. The maximum atomic E-state index is 14.1. The molecule has 0 radical (unpaired) electrons. The summed E-state index contributed by atoms with van der Waals surface area (Å²) in [5, 5.41) is 0. The molecule has 4 N–H and O–H groups in total. The summed E-state index contributed by atoms with van der Waals surface area (Å²) in [5.41, 5.74) is 15.4. The number of rotatable bonds is 10. The van der Waals surface area contributed by atoms with Gasteiger partial charge in [-0.1, -0.05) is 0 Å². The Balaban J connectivity index is 0.000000220. The van der Waals surface area contributed by atoms with E-state index in [2.05, 4.69) is 0 Å². The fourth-order valence-electron chi connectivity index (χ4n) is 6.82. The highest BCUT2D eigenvalue weighted by Gasteiger charge is 2.26. The summed E-state index contributed by atoms with van der Waals surface area (Å²) in [6.45, 7) is 4.93. The van der Waals surface area contributed by atoms with Crippen LogP contribution in [0, 0.1) is 23.3 Å². The number of nitrogens with two attached hydrogens (primary N) is 2. The van der Waals surface area contributed by atoms with Crippen LogP contribution in [0.3, 0.4) is 0 Å². The predicted octanol–water partition coefficient (Wildman–Crippen LogP) is 12.5. The quantitative estimate of drug-likeness (QED) is 0.104. The minimum absolute atomic E-state index is 0. The monoisotopic (exact) mass is 866 g/mol. The van der Waals surface area contributed by atoms with Crippen molar-refractivity contribution in [3.8, 4) is 46.0 Å². The van der Waals surface area contributed by atoms with Crippen LogP contribution in [0.25, 0.3) is 0 Å². The van der Waals surface area contributed by atoms with Gasteiger partial charge in [0, 0.05) is 23.3 Å². The highest BCUT2D eigenvalue weighted by Crippen LogP contribution is 2.41. The molecule has 2 aliphatic rings. The number of hydrogen-bond donors (Lipinski definition) is 2. The first-order chi connectivity index (χ1) is 28.1. The van der Waals surface area contributed by atoms with Crippen LogP contribution in [0.15, 0.2) is 109 Å². The third-order valence-electron chi connectivity index (χ3n) is 9.60. The Hall–Kier alpha value is -5.98. The molecular formula is C46H44Cl2F4N2O6. The van der Waals surface area contributed by atoms with Gasteiger partial charge in [0.15, 0.2) is 11.5 Å². The summed E-state index contributed by atoms with van der Waals surface area (Å²) in [6, 6.07) is 28.2. The molecule has 60 heavy (non-hydrogen) atoms. The number of fused-ring (bicyclic) bond motifs is 2. The lowest BCUT2D eigenvalue weighted by molar-refractivity contribution is 0.171. The Labute approximate surface area is 358 Å². The molecule has 8 rings (SSSR count). The molecule has 0 bridgehead atoms. The van der Waals surface area contributed by atoms with Crippen LogP contribution < -0.4 is 39.9 Å². The maximum Gasteiger partial charge on any atom is 0.150 e. The Morgan fingerprint density at radius 3 is 1.30 bits per heavy atom. The van der Waals surface area contributed by atoms with E-state index in [1.807, 2.05) is 26.0 Å². The van der Waals surface area contributed by atoms with E-state index in [0.29, 0.717) is 96.3 Å². The minimum Gasteiger partial charge on any atom is -0.494 e. The van der Waals surface area contributed by atoms with Gasteiger partial charge in [-0.25, -0.2) is 17.6 Å². The van der Waals surface area contributed by atoms with Crippen molar-refractivity contribution in [2.24, 2.45) is 0 Å². The molecule has 8 nitrogen and oxygen atoms in total. The van der Waals surface area contributed by atoms with Crippen molar-refractivity contribution >= 4 is 36.2 Å². The number of halogens is 6. The van der Waals surface area contributed by atoms with Crippen LogP contribution in [0.2, 0.25) is 0 Å². The zero-order valence-corrected chi connectivity index (χ0v) is 34.4. The van der Waals surface area contributed by atoms with E-state index < -0.39 is 35.5 Å². The van der Waals surface area contributed by atoms with Gasteiger partial charge in [-0.15, -0.1) is 24.8 Å². The zero-order chi connectivity index (χ0) is 40.8. The molecule has 0 amide bonds. The molecule has 0 aromatic heterocycles. The van der Waals surface area contributed by atoms with Gasteiger partial charge >= 0.3 is 0 Å². The fraction of sp³-hybridized carbons (Fsp3) is 0.217. The second-order valence-electron chi connectivity index (χ2n) is 13.6. The Bertz CT molecular complexity index is 2260. The molecule has 0 saturated carbocycles. The first-order valence-corrected chi connectivity index (χ1v) is 19.0. The number of anilines is 2. The molecule has 0 saturated heterocycles. The normalized spacial score (nSPS) is 14.8. The van der Waals surface area contributed by atoms with Crippen LogP contribution in [0.5, 0.6) is 46.0 Å². The van der Waals surface area contributed by atoms with E-state index >= 15 is 0 Å². The fourth-order valence-corrected chi connectivity index (χ4v) is 6.82. The second-order valence-corrected chi connectivity index (χ2v) is 13.6. The van der Waals surface area contributed by atoms with Crippen molar-refractivity contribution in [2.45, 2.75) is 51.7 Å². The topological polar surface area (TPSA) is 107 Å². The molecular weight excluding hydrogens is 823 g/mol. The zero-order valence-electron chi connectivity index (χ0n) is 32.7. The average Bonchev–Trinajstić information content (AvgIpc) is 3.22. The lowest BCUT2D eigenvalue weighted by Crippen LogP contribution is -2.16. The molecule has 0 spiro atoms. The van der Waals surface area contributed by atoms with Crippen LogP contribution in [-0.2, 0) is 12.8 Å². The molecule has 6 aromatic rings. The summed E-state index contributed by atoms with van der Waals surface area (Å²) in [6.07, 6.45) is 1.36. The van der Waals surface area contributed by atoms with Gasteiger partial charge in [0.05, 0.1) is 24.6 Å². The third kappa shape index (κ3) is 10.8. The number of hydrogen-bond acceptors (Lipinski definition) is 8. The summed E-state index contributed by atoms with van der Waals surface area (Å²) >= 11 is 0. The van der Waals surface area contributed by atoms with Crippen LogP contribution in [0.1, 0.15) is 61.2 Å².